The number of aliphatic hydroxyl groups excluding tert-OH is 1. The van der Waals surface area contributed by atoms with Crippen LogP contribution in [0.2, 0.25) is 0 Å². The van der Waals surface area contributed by atoms with Crippen LogP contribution in [0, 0.1) is 16.0 Å². The third-order valence-electron chi connectivity index (χ3n) is 3.17. The van der Waals surface area contributed by atoms with E-state index >= 15 is 0 Å². The summed E-state index contributed by atoms with van der Waals surface area (Å²) in [7, 11) is 0. The first kappa shape index (κ1) is 14.4. The molecule has 18 heavy (non-hydrogen) atoms. The second-order valence-electron chi connectivity index (χ2n) is 4.33. The number of nitro groups is 1. The van der Waals surface area contributed by atoms with Crippen molar-refractivity contribution in [1.82, 2.24) is 0 Å². The van der Waals surface area contributed by atoms with Gasteiger partial charge in [-0.05, 0) is 12.0 Å². The minimum absolute atomic E-state index is 0.0528. The van der Waals surface area contributed by atoms with Gasteiger partial charge in [0.2, 0.25) is 0 Å². The summed E-state index contributed by atoms with van der Waals surface area (Å²) < 4.78 is 0. The van der Waals surface area contributed by atoms with Crippen LogP contribution < -0.4 is 5.32 Å². The number of benzene rings is 1. The van der Waals surface area contributed by atoms with Crippen molar-refractivity contribution in [3.8, 4) is 0 Å². The monoisotopic (exact) mass is 252 g/mol. The second kappa shape index (κ2) is 6.96. The van der Waals surface area contributed by atoms with Crippen LogP contribution in [-0.2, 0) is 0 Å². The molecular formula is C13H20N2O3. The van der Waals surface area contributed by atoms with Crippen LogP contribution in [-0.4, -0.2) is 22.7 Å². The molecule has 2 N–H and O–H groups in total. The van der Waals surface area contributed by atoms with Crippen LogP contribution >= 0.6 is 0 Å². The minimum Gasteiger partial charge on any atom is -0.391 e. The van der Waals surface area contributed by atoms with Gasteiger partial charge in [0.1, 0.15) is 0 Å². The second-order valence-corrected chi connectivity index (χ2v) is 4.33. The van der Waals surface area contributed by atoms with Crippen molar-refractivity contribution in [3.05, 3.63) is 34.4 Å². The summed E-state index contributed by atoms with van der Waals surface area (Å²) in [4.78, 5) is 10.2. The van der Waals surface area contributed by atoms with E-state index in [1.54, 1.807) is 12.1 Å². The topological polar surface area (TPSA) is 75.4 Å². The van der Waals surface area contributed by atoms with Gasteiger partial charge in [0.05, 0.1) is 11.0 Å². The Balaban J connectivity index is 2.58. The van der Waals surface area contributed by atoms with Crippen molar-refractivity contribution < 1.29 is 10.0 Å². The predicted molar refractivity (Wildman–Crippen MR) is 71.7 cm³/mol. The first-order valence-electron chi connectivity index (χ1n) is 6.24. The summed E-state index contributed by atoms with van der Waals surface area (Å²) in [6, 6.07) is 6.30. The van der Waals surface area contributed by atoms with Gasteiger partial charge in [-0.2, -0.15) is 0 Å². The van der Waals surface area contributed by atoms with E-state index in [4.69, 9.17) is 0 Å². The number of non-ortho nitro benzene ring substituents is 1. The van der Waals surface area contributed by atoms with Crippen molar-refractivity contribution in [2.24, 2.45) is 5.92 Å². The molecule has 0 aliphatic heterocycles. The summed E-state index contributed by atoms with van der Waals surface area (Å²) in [6.07, 6.45) is 1.42. The minimum atomic E-state index is -0.431. The van der Waals surface area contributed by atoms with Gasteiger partial charge in [0, 0.05) is 24.4 Å². The van der Waals surface area contributed by atoms with Gasteiger partial charge in [-0.25, -0.2) is 0 Å². The van der Waals surface area contributed by atoms with E-state index in [1.807, 2.05) is 13.8 Å². The largest absolute Gasteiger partial charge is 0.391 e. The van der Waals surface area contributed by atoms with Crippen molar-refractivity contribution in [1.29, 1.82) is 0 Å². The first-order chi connectivity index (χ1) is 8.58. The summed E-state index contributed by atoms with van der Waals surface area (Å²) in [5, 5.41) is 23.6. The fourth-order valence-electron chi connectivity index (χ4n) is 1.95. The lowest BCUT2D eigenvalue weighted by Gasteiger charge is -2.20. The Morgan fingerprint density at radius 2 is 2.06 bits per heavy atom. The Morgan fingerprint density at radius 1 is 1.39 bits per heavy atom. The Kier molecular flexibility index (Phi) is 5.58. The highest BCUT2D eigenvalue weighted by Crippen LogP contribution is 2.18. The lowest BCUT2D eigenvalue weighted by molar-refractivity contribution is -0.384. The molecule has 1 aromatic carbocycles. The quantitative estimate of drug-likeness (QED) is 0.578. The highest BCUT2D eigenvalue weighted by Gasteiger charge is 2.15. The van der Waals surface area contributed by atoms with Crippen LogP contribution in [0.15, 0.2) is 24.3 Å². The Hall–Kier alpha value is -1.62. The van der Waals surface area contributed by atoms with E-state index in [0.29, 0.717) is 12.2 Å². The Labute approximate surface area is 107 Å². The number of rotatable bonds is 7. The van der Waals surface area contributed by atoms with E-state index in [0.717, 1.165) is 12.8 Å². The fraction of sp³-hybridized carbons (Fsp3) is 0.538. The van der Waals surface area contributed by atoms with Gasteiger partial charge < -0.3 is 10.4 Å². The number of hydrogen-bond donors (Lipinski definition) is 2. The van der Waals surface area contributed by atoms with Crippen molar-refractivity contribution in [3.63, 3.8) is 0 Å². The summed E-state index contributed by atoms with van der Waals surface area (Å²) in [5.41, 5.74) is 0.714. The van der Waals surface area contributed by atoms with Gasteiger partial charge in [0.15, 0.2) is 0 Å². The number of aliphatic hydroxyl groups is 1. The lowest BCUT2D eigenvalue weighted by Crippen LogP contribution is -2.27. The zero-order chi connectivity index (χ0) is 13.5. The van der Waals surface area contributed by atoms with E-state index in [9.17, 15) is 15.2 Å². The molecule has 100 valence electrons. The number of nitrogens with one attached hydrogen (secondary N) is 1. The summed E-state index contributed by atoms with van der Waals surface area (Å²) >= 11 is 0. The molecule has 0 fully saturated rings. The average Bonchev–Trinajstić information content (AvgIpc) is 2.38. The Morgan fingerprint density at radius 3 is 2.61 bits per heavy atom. The third-order valence-corrected chi connectivity index (χ3v) is 3.17. The molecular weight excluding hydrogens is 232 g/mol. The van der Waals surface area contributed by atoms with E-state index in [1.165, 1.54) is 12.1 Å². The van der Waals surface area contributed by atoms with Crippen molar-refractivity contribution in [2.75, 3.05) is 11.9 Å². The molecule has 1 aromatic rings. The summed E-state index contributed by atoms with van der Waals surface area (Å²) in [5.74, 6) is 0.260. The SMILES string of the molecule is CCC(CC)C(O)CNc1cccc([N+](=O)[O-])c1. The first-order valence-corrected chi connectivity index (χ1v) is 6.24. The molecule has 0 radical (unpaired) electrons. The molecule has 0 saturated carbocycles. The molecule has 1 atom stereocenters. The van der Waals surface area contributed by atoms with E-state index in [2.05, 4.69) is 5.32 Å². The maximum Gasteiger partial charge on any atom is 0.271 e. The molecule has 0 aliphatic rings. The van der Waals surface area contributed by atoms with Gasteiger partial charge >= 0.3 is 0 Å². The molecule has 0 saturated heterocycles. The van der Waals surface area contributed by atoms with Crippen LogP contribution in [0.3, 0.4) is 0 Å². The molecule has 0 bridgehead atoms. The van der Waals surface area contributed by atoms with Gasteiger partial charge in [0.25, 0.3) is 5.69 Å². The van der Waals surface area contributed by atoms with Crippen molar-refractivity contribution >= 4 is 11.4 Å². The molecule has 0 heterocycles. The highest BCUT2D eigenvalue weighted by molar-refractivity contribution is 5.50. The number of nitro benzene ring substituents is 1. The Bertz CT molecular complexity index is 392. The molecule has 1 rings (SSSR count). The van der Waals surface area contributed by atoms with E-state index in [-0.39, 0.29) is 11.6 Å². The fourth-order valence-corrected chi connectivity index (χ4v) is 1.95. The van der Waals surface area contributed by atoms with Crippen LogP contribution in [0.4, 0.5) is 11.4 Å². The number of hydrogen-bond acceptors (Lipinski definition) is 4. The zero-order valence-corrected chi connectivity index (χ0v) is 10.8. The highest BCUT2D eigenvalue weighted by atomic mass is 16.6. The van der Waals surface area contributed by atoms with Crippen LogP contribution in [0.1, 0.15) is 26.7 Å². The molecule has 0 aliphatic carbocycles. The molecule has 1 unspecified atom stereocenters. The third kappa shape index (κ3) is 4.00. The van der Waals surface area contributed by atoms with Gasteiger partial charge in [-0.3, -0.25) is 10.1 Å². The zero-order valence-electron chi connectivity index (χ0n) is 10.8. The van der Waals surface area contributed by atoms with E-state index < -0.39 is 11.0 Å². The van der Waals surface area contributed by atoms with Crippen molar-refractivity contribution in [2.45, 2.75) is 32.8 Å². The summed E-state index contributed by atoms with van der Waals surface area (Å²) in [6.45, 7) is 4.50. The van der Waals surface area contributed by atoms with Crippen LogP contribution in [0.5, 0.6) is 0 Å². The van der Waals surface area contributed by atoms with Gasteiger partial charge in [-0.1, -0.05) is 32.8 Å². The molecule has 5 heteroatoms. The molecule has 0 spiro atoms. The smallest absolute Gasteiger partial charge is 0.271 e. The number of anilines is 1. The molecule has 0 aromatic heterocycles. The van der Waals surface area contributed by atoms with Crippen LogP contribution in [0.25, 0.3) is 0 Å². The maximum atomic E-state index is 10.6. The standard InChI is InChI=1S/C13H20N2O3/c1-3-10(4-2)13(16)9-14-11-6-5-7-12(8-11)15(17)18/h5-8,10,13-14,16H,3-4,9H2,1-2H3. The molecule has 0 amide bonds. The predicted octanol–water partition coefficient (Wildman–Crippen LogP) is 2.80. The van der Waals surface area contributed by atoms with Gasteiger partial charge in [-0.15, -0.1) is 0 Å². The normalized spacial score (nSPS) is 12.4. The average molecular weight is 252 g/mol. The lowest BCUT2D eigenvalue weighted by atomic mass is 9.96. The maximum absolute atomic E-state index is 10.6. The molecule has 5 nitrogen and oxygen atoms in total. The number of nitrogens with zero attached hydrogens (tertiary/aromatic N) is 1.